The second-order valence-electron chi connectivity index (χ2n) is 6.71. The second kappa shape index (κ2) is 7.28. The Morgan fingerprint density at radius 2 is 2.15 bits per heavy atom. The molecule has 0 spiro atoms. The summed E-state index contributed by atoms with van der Waals surface area (Å²) < 4.78 is 5.16. The van der Waals surface area contributed by atoms with Crippen LogP contribution in [-0.4, -0.2) is 31.1 Å². The molecule has 2 rings (SSSR count). The Bertz CT molecular complexity index is 376. The summed E-state index contributed by atoms with van der Waals surface area (Å²) in [5.74, 6) is 2.40. The third kappa shape index (κ3) is 4.10. The summed E-state index contributed by atoms with van der Waals surface area (Å²) in [4.78, 5) is 2.44. The highest BCUT2D eigenvalue weighted by molar-refractivity contribution is 5.04. The minimum atomic E-state index is 0.672. The predicted octanol–water partition coefficient (Wildman–Crippen LogP) is 3.37. The quantitative estimate of drug-likeness (QED) is 0.865. The van der Waals surface area contributed by atoms with Gasteiger partial charge in [-0.3, -0.25) is 0 Å². The topological polar surface area (TPSA) is 28.4 Å². The van der Waals surface area contributed by atoms with Gasteiger partial charge >= 0.3 is 0 Å². The summed E-state index contributed by atoms with van der Waals surface area (Å²) in [6.45, 7) is 10.3. The summed E-state index contributed by atoms with van der Waals surface area (Å²) in [5, 5.41) is 3.71. The molecular weight excluding hydrogens is 248 g/mol. The van der Waals surface area contributed by atoms with Gasteiger partial charge in [0.2, 0.25) is 0 Å². The average molecular weight is 278 g/mol. The lowest BCUT2D eigenvalue weighted by atomic mass is 9.72. The van der Waals surface area contributed by atoms with Crippen LogP contribution < -0.4 is 5.32 Å². The molecule has 0 radical (unpaired) electrons. The van der Waals surface area contributed by atoms with Crippen LogP contribution in [-0.2, 0) is 6.54 Å². The molecule has 0 bridgehead atoms. The van der Waals surface area contributed by atoms with E-state index < -0.39 is 0 Å². The smallest absolute Gasteiger partial charge is 0.0947 e. The Kier molecular flexibility index (Phi) is 5.67. The Hall–Kier alpha value is -0.800. The normalized spacial score (nSPS) is 30.9. The van der Waals surface area contributed by atoms with Gasteiger partial charge in [-0.15, -0.1) is 0 Å². The van der Waals surface area contributed by atoms with Gasteiger partial charge in [-0.25, -0.2) is 0 Å². The van der Waals surface area contributed by atoms with E-state index in [1.54, 1.807) is 6.26 Å². The summed E-state index contributed by atoms with van der Waals surface area (Å²) in [5.41, 5.74) is 1.27. The third-order valence-electron chi connectivity index (χ3n) is 4.70. The maximum atomic E-state index is 5.16. The monoisotopic (exact) mass is 278 g/mol. The lowest BCUT2D eigenvalue weighted by Crippen LogP contribution is -2.48. The Morgan fingerprint density at radius 3 is 2.80 bits per heavy atom. The van der Waals surface area contributed by atoms with Gasteiger partial charge < -0.3 is 14.6 Å². The molecule has 1 aromatic rings. The fourth-order valence-electron chi connectivity index (χ4n) is 3.83. The van der Waals surface area contributed by atoms with Crippen molar-refractivity contribution >= 4 is 0 Å². The lowest BCUT2D eigenvalue weighted by molar-refractivity contribution is 0.110. The molecule has 1 saturated carbocycles. The molecule has 0 amide bonds. The molecule has 0 aliphatic heterocycles. The van der Waals surface area contributed by atoms with Gasteiger partial charge in [0.25, 0.3) is 0 Å². The molecule has 3 nitrogen and oxygen atoms in total. The standard InChI is InChI=1S/C17H30N2O/c1-5-18-17-9-13(2)8-14(3)16(17)11-19(4)10-15-6-7-20-12-15/h6-7,12-14,16-18H,5,8-11H2,1-4H3. The van der Waals surface area contributed by atoms with Crippen LogP contribution in [0.25, 0.3) is 0 Å². The first-order valence-electron chi connectivity index (χ1n) is 8.03. The van der Waals surface area contributed by atoms with Crippen molar-refractivity contribution in [1.82, 2.24) is 10.2 Å². The molecule has 3 heteroatoms. The van der Waals surface area contributed by atoms with Crippen LogP contribution in [0.3, 0.4) is 0 Å². The van der Waals surface area contributed by atoms with Crippen molar-refractivity contribution in [2.45, 2.75) is 46.2 Å². The highest BCUT2D eigenvalue weighted by atomic mass is 16.3. The molecule has 0 aromatic carbocycles. The van der Waals surface area contributed by atoms with Crippen molar-refractivity contribution in [2.24, 2.45) is 17.8 Å². The zero-order chi connectivity index (χ0) is 14.5. The van der Waals surface area contributed by atoms with Crippen LogP contribution in [0, 0.1) is 17.8 Å². The Labute approximate surface area is 123 Å². The zero-order valence-corrected chi connectivity index (χ0v) is 13.4. The molecule has 1 aliphatic carbocycles. The molecule has 1 aliphatic rings. The molecular formula is C17H30N2O. The van der Waals surface area contributed by atoms with Crippen LogP contribution in [0.1, 0.15) is 39.2 Å². The van der Waals surface area contributed by atoms with Crippen LogP contribution in [0.4, 0.5) is 0 Å². The molecule has 114 valence electrons. The van der Waals surface area contributed by atoms with E-state index in [-0.39, 0.29) is 0 Å². The molecule has 4 unspecified atom stereocenters. The fraction of sp³-hybridized carbons (Fsp3) is 0.765. The summed E-state index contributed by atoms with van der Waals surface area (Å²) in [6, 6.07) is 2.73. The molecule has 1 aromatic heterocycles. The summed E-state index contributed by atoms with van der Waals surface area (Å²) in [7, 11) is 2.22. The molecule has 1 N–H and O–H groups in total. The van der Waals surface area contributed by atoms with Crippen molar-refractivity contribution in [1.29, 1.82) is 0 Å². The Balaban J connectivity index is 1.93. The van der Waals surface area contributed by atoms with Crippen molar-refractivity contribution in [3.63, 3.8) is 0 Å². The minimum absolute atomic E-state index is 0.672. The fourth-order valence-corrected chi connectivity index (χ4v) is 3.83. The van der Waals surface area contributed by atoms with Gasteiger partial charge in [0.1, 0.15) is 0 Å². The molecule has 20 heavy (non-hydrogen) atoms. The summed E-state index contributed by atoms with van der Waals surface area (Å²) >= 11 is 0. The first-order valence-corrected chi connectivity index (χ1v) is 8.03. The third-order valence-corrected chi connectivity index (χ3v) is 4.70. The minimum Gasteiger partial charge on any atom is -0.472 e. The second-order valence-corrected chi connectivity index (χ2v) is 6.71. The van der Waals surface area contributed by atoms with E-state index in [4.69, 9.17) is 4.42 Å². The number of hydrogen-bond acceptors (Lipinski definition) is 3. The van der Waals surface area contributed by atoms with E-state index in [9.17, 15) is 0 Å². The van der Waals surface area contributed by atoms with Gasteiger partial charge in [-0.2, -0.15) is 0 Å². The number of rotatable bonds is 6. The van der Waals surface area contributed by atoms with Crippen LogP contribution in [0.2, 0.25) is 0 Å². The SMILES string of the molecule is CCNC1CC(C)CC(C)C1CN(C)Cc1ccoc1. The lowest BCUT2D eigenvalue weighted by Gasteiger charge is -2.41. The van der Waals surface area contributed by atoms with E-state index >= 15 is 0 Å². The predicted molar refractivity (Wildman–Crippen MR) is 83.6 cm³/mol. The summed E-state index contributed by atoms with van der Waals surface area (Å²) in [6.07, 6.45) is 6.30. The largest absolute Gasteiger partial charge is 0.472 e. The van der Waals surface area contributed by atoms with Gasteiger partial charge in [0.05, 0.1) is 12.5 Å². The van der Waals surface area contributed by atoms with Crippen molar-refractivity contribution in [3.8, 4) is 0 Å². The highest BCUT2D eigenvalue weighted by Crippen LogP contribution is 2.34. The number of nitrogens with one attached hydrogen (secondary N) is 1. The number of hydrogen-bond donors (Lipinski definition) is 1. The van der Waals surface area contributed by atoms with E-state index in [0.717, 1.165) is 37.4 Å². The average Bonchev–Trinajstić information content (AvgIpc) is 2.86. The van der Waals surface area contributed by atoms with E-state index in [1.807, 2.05) is 6.26 Å². The first kappa shape index (κ1) is 15.6. The number of nitrogens with zero attached hydrogens (tertiary/aromatic N) is 1. The maximum Gasteiger partial charge on any atom is 0.0947 e. The van der Waals surface area contributed by atoms with Gasteiger partial charge in [-0.1, -0.05) is 20.8 Å². The molecule has 0 saturated heterocycles. The van der Waals surface area contributed by atoms with E-state index in [1.165, 1.54) is 18.4 Å². The van der Waals surface area contributed by atoms with E-state index in [0.29, 0.717) is 6.04 Å². The molecule has 1 fully saturated rings. The van der Waals surface area contributed by atoms with Gasteiger partial charge in [0, 0.05) is 24.7 Å². The zero-order valence-electron chi connectivity index (χ0n) is 13.4. The van der Waals surface area contributed by atoms with Crippen molar-refractivity contribution < 1.29 is 4.42 Å². The van der Waals surface area contributed by atoms with Crippen LogP contribution >= 0.6 is 0 Å². The Morgan fingerprint density at radius 1 is 1.35 bits per heavy atom. The van der Waals surface area contributed by atoms with Crippen molar-refractivity contribution in [2.75, 3.05) is 20.1 Å². The van der Waals surface area contributed by atoms with Crippen LogP contribution in [0.15, 0.2) is 23.0 Å². The van der Waals surface area contributed by atoms with Gasteiger partial charge in [-0.05, 0) is 50.3 Å². The van der Waals surface area contributed by atoms with Crippen LogP contribution in [0.5, 0.6) is 0 Å². The molecule has 4 atom stereocenters. The first-order chi connectivity index (χ1) is 9.60. The number of furan rings is 1. The maximum absolute atomic E-state index is 5.16. The van der Waals surface area contributed by atoms with Gasteiger partial charge in [0.15, 0.2) is 0 Å². The van der Waals surface area contributed by atoms with Crippen molar-refractivity contribution in [3.05, 3.63) is 24.2 Å². The molecule has 1 heterocycles. The van der Waals surface area contributed by atoms with E-state index in [2.05, 4.69) is 44.1 Å². The highest BCUT2D eigenvalue weighted by Gasteiger charge is 2.33.